The molecule has 0 aliphatic carbocycles. The Balaban J connectivity index is 3.61. The van der Waals surface area contributed by atoms with E-state index >= 15 is 0 Å². The first-order valence-corrected chi connectivity index (χ1v) is 3.28. The lowest BCUT2D eigenvalue weighted by molar-refractivity contribution is -0.151. The molecule has 0 aromatic heterocycles. The Bertz CT molecular complexity index is 111. The minimum absolute atomic E-state index is 0.0381. The van der Waals surface area contributed by atoms with E-state index < -0.39 is 0 Å². The molecule has 10 heavy (non-hydrogen) atoms. The van der Waals surface area contributed by atoms with Gasteiger partial charge in [0.25, 0.3) is 0 Å². The average molecular weight is 146 g/mol. The molecule has 2 unspecified atom stereocenters. The SMILES string of the molecule is COC(C)C(C)OC(C)=O. The largest absolute Gasteiger partial charge is 0.460 e. The van der Waals surface area contributed by atoms with Gasteiger partial charge in [0, 0.05) is 14.0 Å². The quantitative estimate of drug-likeness (QED) is 0.556. The monoisotopic (exact) mass is 146 g/mol. The van der Waals surface area contributed by atoms with Gasteiger partial charge in [-0.2, -0.15) is 0 Å². The predicted molar refractivity (Wildman–Crippen MR) is 37.7 cm³/mol. The summed E-state index contributed by atoms with van der Waals surface area (Å²) in [7, 11) is 1.59. The van der Waals surface area contributed by atoms with Gasteiger partial charge in [-0.25, -0.2) is 0 Å². The fraction of sp³-hybridized carbons (Fsp3) is 0.857. The Morgan fingerprint density at radius 3 is 2.10 bits per heavy atom. The van der Waals surface area contributed by atoms with Gasteiger partial charge in [0.1, 0.15) is 6.10 Å². The van der Waals surface area contributed by atoms with E-state index in [0.29, 0.717) is 0 Å². The van der Waals surface area contributed by atoms with Gasteiger partial charge in [0.05, 0.1) is 6.10 Å². The molecule has 0 aromatic rings. The van der Waals surface area contributed by atoms with Crippen molar-refractivity contribution in [3.05, 3.63) is 0 Å². The summed E-state index contributed by atoms with van der Waals surface area (Å²) < 4.78 is 9.77. The van der Waals surface area contributed by atoms with E-state index in [2.05, 4.69) is 0 Å². The molecular formula is C7H14O3. The van der Waals surface area contributed by atoms with E-state index in [4.69, 9.17) is 9.47 Å². The van der Waals surface area contributed by atoms with Crippen LogP contribution in [0.15, 0.2) is 0 Å². The summed E-state index contributed by atoms with van der Waals surface area (Å²) in [6, 6.07) is 0. The van der Waals surface area contributed by atoms with Crippen LogP contribution in [0.4, 0.5) is 0 Å². The minimum atomic E-state index is -0.267. The van der Waals surface area contributed by atoms with Crippen LogP contribution in [0.1, 0.15) is 20.8 Å². The molecule has 0 aromatic carbocycles. The number of carbonyl (C=O) groups is 1. The van der Waals surface area contributed by atoms with Gasteiger partial charge in [-0.1, -0.05) is 0 Å². The maximum absolute atomic E-state index is 10.4. The molecule has 0 radical (unpaired) electrons. The first-order valence-electron chi connectivity index (χ1n) is 3.28. The number of ether oxygens (including phenoxy) is 2. The Morgan fingerprint density at radius 1 is 1.30 bits per heavy atom. The molecule has 0 aliphatic rings. The molecule has 0 bridgehead atoms. The van der Waals surface area contributed by atoms with Crippen LogP contribution in [0.25, 0.3) is 0 Å². The van der Waals surface area contributed by atoms with E-state index in [0.717, 1.165) is 0 Å². The van der Waals surface area contributed by atoms with Crippen LogP contribution >= 0.6 is 0 Å². The van der Waals surface area contributed by atoms with Crippen molar-refractivity contribution in [1.82, 2.24) is 0 Å². The second-order valence-corrected chi connectivity index (χ2v) is 2.26. The fourth-order valence-corrected chi connectivity index (χ4v) is 0.549. The van der Waals surface area contributed by atoms with Crippen LogP contribution in [0.5, 0.6) is 0 Å². The van der Waals surface area contributed by atoms with Crippen LogP contribution < -0.4 is 0 Å². The molecule has 3 heteroatoms. The molecule has 3 nitrogen and oxygen atoms in total. The van der Waals surface area contributed by atoms with Gasteiger partial charge < -0.3 is 9.47 Å². The van der Waals surface area contributed by atoms with Gasteiger partial charge in [-0.3, -0.25) is 4.79 Å². The zero-order valence-corrected chi connectivity index (χ0v) is 6.88. The highest BCUT2D eigenvalue weighted by atomic mass is 16.6. The van der Waals surface area contributed by atoms with Crippen molar-refractivity contribution < 1.29 is 14.3 Å². The zero-order chi connectivity index (χ0) is 8.15. The van der Waals surface area contributed by atoms with E-state index in [9.17, 15) is 4.79 Å². The molecule has 0 saturated heterocycles. The molecule has 60 valence electrons. The third-order valence-electron chi connectivity index (χ3n) is 1.38. The number of methoxy groups -OCH3 is 1. The lowest BCUT2D eigenvalue weighted by Crippen LogP contribution is -2.26. The fourth-order valence-electron chi connectivity index (χ4n) is 0.549. The van der Waals surface area contributed by atoms with E-state index in [1.165, 1.54) is 6.92 Å². The molecule has 0 saturated carbocycles. The summed E-state index contributed by atoms with van der Waals surface area (Å²) >= 11 is 0. The molecule has 0 fully saturated rings. The number of hydrogen-bond donors (Lipinski definition) is 0. The Hall–Kier alpha value is -0.570. The lowest BCUT2D eigenvalue weighted by atomic mass is 10.2. The summed E-state index contributed by atoms with van der Waals surface area (Å²) in [6.45, 7) is 5.04. The zero-order valence-electron chi connectivity index (χ0n) is 6.88. The van der Waals surface area contributed by atoms with Crippen molar-refractivity contribution >= 4 is 5.97 Å². The van der Waals surface area contributed by atoms with Crippen molar-refractivity contribution in [3.63, 3.8) is 0 Å². The van der Waals surface area contributed by atoms with Crippen molar-refractivity contribution in [1.29, 1.82) is 0 Å². The minimum Gasteiger partial charge on any atom is -0.460 e. The second-order valence-electron chi connectivity index (χ2n) is 2.26. The normalized spacial score (nSPS) is 16.0. The van der Waals surface area contributed by atoms with Crippen molar-refractivity contribution in [2.24, 2.45) is 0 Å². The van der Waals surface area contributed by atoms with Crippen LogP contribution in [0.2, 0.25) is 0 Å². The lowest BCUT2D eigenvalue weighted by Gasteiger charge is -2.17. The van der Waals surface area contributed by atoms with Crippen molar-refractivity contribution in [3.8, 4) is 0 Å². The van der Waals surface area contributed by atoms with Gasteiger partial charge in [0.2, 0.25) is 0 Å². The topological polar surface area (TPSA) is 35.5 Å². The van der Waals surface area contributed by atoms with Crippen LogP contribution in [-0.2, 0) is 14.3 Å². The summed E-state index contributed by atoms with van der Waals surface area (Å²) in [6.07, 6.45) is -0.202. The van der Waals surface area contributed by atoms with Crippen molar-refractivity contribution in [2.45, 2.75) is 33.0 Å². The highest BCUT2D eigenvalue weighted by Gasteiger charge is 2.12. The molecule has 0 aliphatic heterocycles. The van der Waals surface area contributed by atoms with E-state index in [1.807, 2.05) is 6.92 Å². The number of hydrogen-bond acceptors (Lipinski definition) is 3. The summed E-state index contributed by atoms with van der Waals surface area (Å²) in [5.41, 5.74) is 0. The second kappa shape index (κ2) is 4.28. The summed E-state index contributed by atoms with van der Waals surface area (Å²) in [5.74, 6) is -0.267. The highest BCUT2D eigenvalue weighted by Crippen LogP contribution is 2.01. The van der Waals surface area contributed by atoms with Crippen molar-refractivity contribution in [2.75, 3.05) is 7.11 Å². The summed E-state index contributed by atoms with van der Waals surface area (Å²) in [5, 5.41) is 0. The maximum Gasteiger partial charge on any atom is 0.302 e. The first-order chi connectivity index (χ1) is 4.57. The van der Waals surface area contributed by atoms with E-state index in [1.54, 1.807) is 14.0 Å². The van der Waals surface area contributed by atoms with E-state index in [-0.39, 0.29) is 18.2 Å². The third-order valence-corrected chi connectivity index (χ3v) is 1.38. The molecule has 0 rings (SSSR count). The number of esters is 1. The molecule has 0 N–H and O–H groups in total. The molecular weight excluding hydrogens is 132 g/mol. The van der Waals surface area contributed by atoms with Gasteiger partial charge in [0.15, 0.2) is 0 Å². The van der Waals surface area contributed by atoms with Gasteiger partial charge in [-0.05, 0) is 13.8 Å². The Morgan fingerprint density at radius 2 is 1.80 bits per heavy atom. The maximum atomic E-state index is 10.4. The van der Waals surface area contributed by atoms with Crippen LogP contribution in [0, 0.1) is 0 Å². The Labute approximate surface area is 61.3 Å². The predicted octanol–water partition coefficient (Wildman–Crippen LogP) is 0.973. The van der Waals surface area contributed by atoms with Crippen LogP contribution in [0.3, 0.4) is 0 Å². The molecule has 2 atom stereocenters. The smallest absolute Gasteiger partial charge is 0.302 e. The standard InChI is InChI=1S/C7H14O3/c1-5(9-4)6(2)10-7(3)8/h5-6H,1-4H3. The third kappa shape index (κ3) is 3.45. The molecule has 0 spiro atoms. The Kier molecular flexibility index (Phi) is 4.03. The summed E-state index contributed by atoms with van der Waals surface area (Å²) in [4.78, 5) is 10.4. The first kappa shape index (κ1) is 9.43. The number of rotatable bonds is 3. The number of carbonyl (C=O) groups excluding carboxylic acids is 1. The molecule has 0 heterocycles. The molecule has 0 amide bonds. The average Bonchev–Trinajstić information content (AvgIpc) is 1.85. The van der Waals surface area contributed by atoms with Crippen LogP contribution in [-0.4, -0.2) is 25.3 Å². The highest BCUT2D eigenvalue weighted by molar-refractivity contribution is 5.66. The van der Waals surface area contributed by atoms with Gasteiger partial charge >= 0.3 is 5.97 Å². The van der Waals surface area contributed by atoms with Gasteiger partial charge in [-0.15, -0.1) is 0 Å².